The van der Waals surface area contributed by atoms with Crippen LogP contribution in [-0.2, 0) is 16.0 Å². The topological polar surface area (TPSA) is 41.6 Å². The number of carbonyl (C=O) groups is 1. The second-order valence-electron chi connectivity index (χ2n) is 10.3. The number of nitrogens with one attached hydrogen (secondary N) is 1. The minimum Gasteiger partial charge on any atom is -0.484 e. The van der Waals surface area contributed by atoms with Crippen LogP contribution in [-0.4, -0.2) is 29.9 Å². The molecule has 180 valence electrons. The standard InChI is InChI=1S/C30H38N2O2/c1-22-8-7-13-28(32-18-16-31-17-19-32)30(34-26-20-24-11-5-6-12-25(24)21-26)29(33)27(22)15-14-23-9-3-2-4-10-23/h2-5,9-11,16,18,22,26-27,31H,6-8,12-15,17,19-21H2,1H3/b30-28-. The normalized spacial score (nSPS) is 29.5. The molecule has 4 aliphatic rings. The molecule has 0 spiro atoms. The minimum atomic E-state index is 0.00119. The molecule has 0 amide bonds. The van der Waals surface area contributed by atoms with Crippen LogP contribution in [0, 0.1) is 11.8 Å². The fourth-order valence-electron chi connectivity index (χ4n) is 6.02. The Hall–Kier alpha value is -2.75. The van der Waals surface area contributed by atoms with Gasteiger partial charge in [0, 0.05) is 44.2 Å². The lowest BCUT2D eigenvalue weighted by atomic mass is 9.79. The number of ketones is 1. The molecule has 0 bridgehead atoms. The Kier molecular flexibility index (Phi) is 7.22. The van der Waals surface area contributed by atoms with Crippen LogP contribution in [0.1, 0.15) is 63.9 Å². The van der Waals surface area contributed by atoms with Gasteiger partial charge in [-0.2, -0.15) is 0 Å². The molecule has 1 N–H and O–H groups in total. The predicted octanol–water partition coefficient (Wildman–Crippen LogP) is 6.04. The number of benzene rings is 1. The lowest BCUT2D eigenvalue weighted by Crippen LogP contribution is -2.36. The molecule has 1 heterocycles. The highest BCUT2D eigenvalue weighted by atomic mass is 16.5. The third-order valence-corrected chi connectivity index (χ3v) is 7.98. The fourth-order valence-corrected chi connectivity index (χ4v) is 6.02. The van der Waals surface area contributed by atoms with Crippen LogP contribution in [0.2, 0.25) is 0 Å². The van der Waals surface area contributed by atoms with Crippen molar-refractivity contribution in [1.82, 2.24) is 10.2 Å². The van der Waals surface area contributed by atoms with Gasteiger partial charge in [0.05, 0.1) is 5.70 Å². The maximum absolute atomic E-state index is 14.2. The lowest BCUT2D eigenvalue weighted by molar-refractivity contribution is -0.126. The van der Waals surface area contributed by atoms with Gasteiger partial charge in [-0.25, -0.2) is 0 Å². The van der Waals surface area contributed by atoms with E-state index in [1.165, 1.54) is 16.7 Å². The van der Waals surface area contributed by atoms with Crippen molar-refractivity contribution in [3.8, 4) is 0 Å². The van der Waals surface area contributed by atoms with Gasteiger partial charge in [0.2, 0.25) is 5.78 Å². The fraction of sp³-hybridized carbons (Fsp3) is 0.500. The molecule has 3 aliphatic carbocycles. The number of hydrogen-bond acceptors (Lipinski definition) is 4. The Bertz CT molecular complexity index is 1000. The summed E-state index contributed by atoms with van der Waals surface area (Å²) in [6, 6.07) is 10.6. The van der Waals surface area contributed by atoms with Crippen molar-refractivity contribution in [2.75, 3.05) is 13.1 Å². The highest BCUT2D eigenvalue weighted by Gasteiger charge is 2.36. The Balaban J connectivity index is 1.42. The number of nitrogens with zero attached hydrogens (tertiary/aromatic N) is 1. The van der Waals surface area contributed by atoms with Gasteiger partial charge in [-0.1, -0.05) is 55.0 Å². The molecule has 0 saturated heterocycles. The van der Waals surface area contributed by atoms with Crippen LogP contribution >= 0.6 is 0 Å². The number of hydrogen-bond donors (Lipinski definition) is 1. The summed E-state index contributed by atoms with van der Waals surface area (Å²) in [5, 5.41) is 3.28. The van der Waals surface area contributed by atoms with Crippen molar-refractivity contribution in [3.63, 3.8) is 0 Å². The highest BCUT2D eigenvalue weighted by Crippen LogP contribution is 2.39. The molecule has 4 nitrogen and oxygen atoms in total. The summed E-state index contributed by atoms with van der Waals surface area (Å²) < 4.78 is 6.75. The van der Waals surface area contributed by atoms with E-state index < -0.39 is 0 Å². The average molecular weight is 459 g/mol. The van der Waals surface area contributed by atoms with Gasteiger partial charge < -0.3 is 15.0 Å². The molecule has 0 radical (unpaired) electrons. The van der Waals surface area contributed by atoms with Gasteiger partial charge in [-0.05, 0) is 62.0 Å². The third-order valence-electron chi connectivity index (χ3n) is 7.98. The number of aryl methyl sites for hydroxylation is 1. The van der Waals surface area contributed by atoms with Crippen LogP contribution in [0.3, 0.4) is 0 Å². The average Bonchev–Trinajstić information content (AvgIpc) is 3.29. The lowest BCUT2D eigenvalue weighted by Gasteiger charge is -2.34. The largest absolute Gasteiger partial charge is 0.484 e. The van der Waals surface area contributed by atoms with E-state index in [1.807, 2.05) is 6.20 Å². The number of allylic oxidation sites excluding steroid dienone is 4. The quantitative estimate of drug-likeness (QED) is 0.564. The van der Waals surface area contributed by atoms with E-state index in [4.69, 9.17) is 4.74 Å². The molecule has 0 aromatic heterocycles. The second kappa shape index (κ2) is 10.7. The number of rotatable bonds is 6. The van der Waals surface area contributed by atoms with Gasteiger partial charge in [-0.3, -0.25) is 4.79 Å². The Morgan fingerprint density at radius 3 is 2.82 bits per heavy atom. The summed E-state index contributed by atoms with van der Waals surface area (Å²) in [5.74, 6) is 1.25. The molecule has 1 aromatic rings. The zero-order chi connectivity index (χ0) is 23.3. The van der Waals surface area contributed by atoms with Crippen LogP contribution < -0.4 is 5.32 Å². The van der Waals surface area contributed by atoms with Crippen molar-refractivity contribution < 1.29 is 9.53 Å². The van der Waals surface area contributed by atoms with Crippen molar-refractivity contribution >= 4 is 5.78 Å². The van der Waals surface area contributed by atoms with Gasteiger partial charge in [0.25, 0.3) is 0 Å². The number of Topliss-reactive ketones (excluding diaryl/α,β-unsaturated/α-hetero) is 1. The molecule has 3 atom stereocenters. The maximum Gasteiger partial charge on any atom is 0.202 e. The van der Waals surface area contributed by atoms with Crippen molar-refractivity contribution in [2.24, 2.45) is 11.8 Å². The van der Waals surface area contributed by atoms with Crippen molar-refractivity contribution in [2.45, 2.75) is 70.8 Å². The van der Waals surface area contributed by atoms with Crippen molar-refractivity contribution in [1.29, 1.82) is 0 Å². The zero-order valence-corrected chi connectivity index (χ0v) is 20.5. The molecule has 5 rings (SSSR count). The summed E-state index contributed by atoms with van der Waals surface area (Å²) in [6.07, 6.45) is 17.8. The maximum atomic E-state index is 14.2. The van der Waals surface area contributed by atoms with E-state index in [0.717, 1.165) is 76.6 Å². The first-order chi connectivity index (χ1) is 16.7. The van der Waals surface area contributed by atoms with Crippen LogP contribution in [0.25, 0.3) is 0 Å². The first kappa shape index (κ1) is 23.0. The van der Waals surface area contributed by atoms with Gasteiger partial charge in [0.1, 0.15) is 6.10 Å². The molecule has 4 heteroatoms. The molecule has 0 fully saturated rings. The van der Waals surface area contributed by atoms with Crippen LogP contribution in [0.4, 0.5) is 0 Å². The monoisotopic (exact) mass is 458 g/mol. The Labute approximate surface area is 204 Å². The summed E-state index contributed by atoms with van der Waals surface area (Å²) in [6.45, 7) is 4.03. The van der Waals surface area contributed by atoms with Crippen LogP contribution in [0.15, 0.2) is 77.5 Å². The summed E-state index contributed by atoms with van der Waals surface area (Å²) in [5.41, 5.74) is 5.37. The highest BCUT2D eigenvalue weighted by molar-refractivity contribution is 5.96. The molecule has 1 aliphatic heterocycles. The van der Waals surface area contributed by atoms with E-state index in [-0.39, 0.29) is 17.8 Å². The smallest absolute Gasteiger partial charge is 0.202 e. The number of carbonyl (C=O) groups excluding carboxylic acids is 1. The van der Waals surface area contributed by atoms with Gasteiger partial charge in [-0.15, -0.1) is 0 Å². The molecular formula is C30H38N2O2. The van der Waals surface area contributed by atoms with Gasteiger partial charge in [0.15, 0.2) is 5.76 Å². The second-order valence-corrected chi connectivity index (χ2v) is 10.3. The Morgan fingerprint density at radius 1 is 1.15 bits per heavy atom. The molecule has 3 unspecified atom stereocenters. The van der Waals surface area contributed by atoms with Gasteiger partial charge >= 0.3 is 0 Å². The first-order valence-corrected chi connectivity index (χ1v) is 13.2. The van der Waals surface area contributed by atoms with Crippen LogP contribution in [0.5, 0.6) is 0 Å². The van der Waals surface area contributed by atoms with E-state index in [1.54, 1.807) is 0 Å². The molecular weight excluding hydrogens is 420 g/mol. The first-order valence-electron chi connectivity index (χ1n) is 13.2. The predicted molar refractivity (Wildman–Crippen MR) is 137 cm³/mol. The molecule has 34 heavy (non-hydrogen) atoms. The molecule has 1 aromatic carbocycles. The SMILES string of the molecule is CC1CCC/C(N2C=CNCC2)=C(/OC2CC3=C(CCC=C3)C2)C(=O)C1CCc1ccccc1. The summed E-state index contributed by atoms with van der Waals surface area (Å²) >= 11 is 0. The summed E-state index contributed by atoms with van der Waals surface area (Å²) in [7, 11) is 0. The van der Waals surface area contributed by atoms with E-state index in [2.05, 4.69) is 65.8 Å². The minimum absolute atomic E-state index is 0.00119. The summed E-state index contributed by atoms with van der Waals surface area (Å²) in [4.78, 5) is 16.5. The molecule has 0 saturated carbocycles. The Morgan fingerprint density at radius 2 is 2.03 bits per heavy atom. The van der Waals surface area contributed by atoms with E-state index in [9.17, 15) is 4.79 Å². The van der Waals surface area contributed by atoms with E-state index in [0.29, 0.717) is 11.7 Å². The van der Waals surface area contributed by atoms with Crippen molar-refractivity contribution in [3.05, 3.63) is 83.0 Å². The number of ether oxygens (including phenoxy) is 1. The zero-order valence-electron chi connectivity index (χ0n) is 20.5. The third kappa shape index (κ3) is 5.16. The van der Waals surface area contributed by atoms with E-state index >= 15 is 0 Å².